The average Bonchev–Trinajstić information content (AvgIpc) is 2.56. The van der Waals surface area contributed by atoms with Gasteiger partial charge < -0.3 is 10.0 Å². The minimum atomic E-state index is 0.0461. The summed E-state index contributed by atoms with van der Waals surface area (Å²) in [5.74, 6) is 0.294. The molecular weight excluding hydrogens is 274 g/mol. The zero-order valence-corrected chi connectivity index (χ0v) is 12.9. The van der Waals surface area contributed by atoms with Crippen molar-refractivity contribution in [1.82, 2.24) is 4.90 Å². The standard InChI is InChI=1S/C19H21NO2/c1-14(13-18(21)20-11-5-2-6-12-20)16-10-9-15-7-3-4-8-17(15)19(16)22/h3-4,7-10,13,22H,2,5-6,11-12H2,1H3/b14-13+. The van der Waals surface area contributed by atoms with Crippen molar-refractivity contribution in [2.45, 2.75) is 26.2 Å². The fourth-order valence-corrected chi connectivity index (χ4v) is 3.04. The lowest BCUT2D eigenvalue weighted by atomic mass is 10.00. The van der Waals surface area contributed by atoms with Gasteiger partial charge in [-0.2, -0.15) is 0 Å². The molecule has 0 aromatic heterocycles. The van der Waals surface area contributed by atoms with E-state index in [2.05, 4.69) is 0 Å². The van der Waals surface area contributed by atoms with Crippen molar-refractivity contribution in [2.75, 3.05) is 13.1 Å². The fraction of sp³-hybridized carbons (Fsp3) is 0.316. The summed E-state index contributed by atoms with van der Waals surface area (Å²) in [5, 5.41) is 12.3. The summed E-state index contributed by atoms with van der Waals surface area (Å²) in [6.45, 7) is 3.56. The van der Waals surface area contributed by atoms with Gasteiger partial charge in [-0.1, -0.05) is 36.4 Å². The maximum atomic E-state index is 12.3. The highest BCUT2D eigenvalue weighted by Crippen LogP contribution is 2.32. The number of amides is 1. The number of fused-ring (bicyclic) bond motifs is 1. The van der Waals surface area contributed by atoms with Crippen molar-refractivity contribution in [3.05, 3.63) is 48.0 Å². The number of hydrogen-bond donors (Lipinski definition) is 1. The highest BCUT2D eigenvalue weighted by Gasteiger charge is 2.15. The van der Waals surface area contributed by atoms with Crippen LogP contribution >= 0.6 is 0 Å². The van der Waals surface area contributed by atoms with E-state index in [9.17, 15) is 9.90 Å². The molecule has 3 rings (SSSR count). The smallest absolute Gasteiger partial charge is 0.246 e. The van der Waals surface area contributed by atoms with Crippen molar-refractivity contribution in [2.24, 2.45) is 0 Å². The average molecular weight is 295 g/mol. The number of nitrogens with zero attached hydrogens (tertiary/aromatic N) is 1. The summed E-state index contributed by atoms with van der Waals surface area (Å²) in [6.07, 6.45) is 5.02. The van der Waals surface area contributed by atoms with E-state index in [-0.39, 0.29) is 11.7 Å². The number of hydrogen-bond acceptors (Lipinski definition) is 2. The third-order valence-electron chi connectivity index (χ3n) is 4.33. The highest BCUT2D eigenvalue weighted by molar-refractivity contribution is 5.98. The molecule has 0 saturated carbocycles. The molecule has 1 heterocycles. The summed E-state index contributed by atoms with van der Waals surface area (Å²) < 4.78 is 0. The number of allylic oxidation sites excluding steroid dienone is 1. The molecule has 1 aliphatic rings. The zero-order valence-electron chi connectivity index (χ0n) is 12.9. The van der Waals surface area contributed by atoms with Crippen molar-refractivity contribution in [3.63, 3.8) is 0 Å². The predicted octanol–water partition coefficient (Wildman–Crippen LogP) is 3.96. The first-order valence-electron chi connectivity index (χ1n) is 7.85. The van der Waals surface area contributed by atoms with Crippen LogP contribution in [0.15, 0.2) is 42.5 Å². The third kappa shape index (κ3) is 2.84. The molecule has 22 heavy (non-hydrogen) atoms. The topological polar surface area (TPSA) is 40.5 Å². The maximum absolute atomic E-state index is 12.3. The lowest BCUT2D eigenvalue weighted by molar-refractivity contribution is -0.126. The van der Waals surface area contributed by atoms with E-state index in [0.717, 1.165) is 47.8 Å². The first-order valence-corrected chi connectivity index (χ1v) is 7.85. The Kier molecular flexibility index (Phi) is 4.14. The Morgan fingerprint density at radius 3 is 2.59 bits per heavy atom. The van der Waals surface area contributed by atoms with Crippen LogP contribution in [0.3, 0.4) is 0 Å². The molecule has 1 amide bonds. The Morgan fingerprint density at radius 1 is 1.09 bits per heavy atom. The van der Waals surface area contributed by atoms with Gasteiger partial charge in [0, 0.05) is 30.1 Å². The quantitative estimate of drug-likeness (QED) is 0.852. The summed E-state index contributed by atoms with van der Waals surface area (Å²) in [4.78, 5) is 14.2. The van der Waals surface area contributed by atoms with Crippen molar-refractivity contribution in [3.8, 4) is 5.75 Å². The van der Waals surface area contributed by atoms with Crippen molar-refractivity contribution in [1.29, 1.82) is 0 Å². The number of phenolic OH excluding ortho intramolecular Hbond substituents is 1. The van der Waals surface area contributed by atoms with Gasteiger partial charge in [0.15, 0.2) is 0 Å². The number of benzene rings is 2. The Morgan fingerprint density at radius 2 is 1.82 bits per heavy atom. The van der Waals surface area contributed by atoms with Gasteiger partial charge in [-0.3, -0.25) is 4.79 Å². The van der Waals surface area contributed by atoms with Crippen LogP contribution in [0.5, 0.6) is 5.75 Å². The zero-order chi connectivity index (χ0) is 15.5. The normalized spacial score (nSPS) is 16.0. The van der Waals surface area contributed by atoms with Crippen molar-refractivity contribution < 1.29 is 9.90 Å². The van der Waals surface area contributed by atoms with Gasteiger partial charge in [0.1, 0.15) is 5.75 Å². The first-order chi connectivity index (χ1) is 10.7. The van der Waals surface area contributed by atoms with Crippen molar-refractivity contribution >= 4 is 22.3 Å². The van der Waals surface area contributed by atoms with Crippen LogP contribution in [0.2, 0.25) is 0 Å². The minimum Gasteiger partial charge on any atom is -0.507 e. The van der Waals surface area contributed by atoms with E-state index >= 15 is 0 Å². The molecule has 0 spiro atoms. The second kappa shape index (κ2) is 6.22. The lowest BCUT2D eigenvalue weighted by Gasteiger charge is -2.25. The van der Waals surface area contributed by atoms with E-state index in [4.69, 9.17) is 0 Å². The number of aromatic hydroxyl groups is 1. The molecular formula is C19H21NO2. The Hall–Kier alpha value is -2.29. The molecule has 114 valence electrons. The number of carbonyl (C=O) groups excluding carboxylic acids is 1. The van der Waals surface area contributed by atoms with Gasteiger partial charge in [-0.15, -0.1) is 0 Å². The number of carbonyl (C=O) groups is 1. The molecule has 2 aromatic rings. The minimum absolute atomic E-state index is 0.0461. The van der Waals surface area contributed by atoms with Crippen LogP contribution in [-0.2, 0) is 4.79 Å². The van der Waals surface area contributed by atoms with Gasteiger partial charge >= 0.3 is 0 Å². The second-order valence-corrected chi connectivity index (χ2v) is 5.90. The van der Waals surface area contributed by atoms with E-state index in [0.29, 0.717) is 0 Å². The molecule has 0 aliphatic carbocycles. The summed E-state index contributed by atoms with van der Waals surface area (Å²) >= 11 is 0. The molecule has 0 bridgehead atoms. The summed E-state index contributed by atoms with van der Waals surface area (Å²) in [7, 11) is 0. The number of piperidine rings is 1. The number of rotatable bonds is 2. The molecule has 1 saturated heterocycles. The monoisotopic (exact) mass is 295 g/mol. The lowest BCUT2D eigenvalue weighted by Crippen LogP contribution is -2.34. The maximum Gasteiger partial charge on any atom is 0.246 e. The van der Waals surface area contributed by atoms with Gasteiger partial charge in [0.25, 0.3) is 0 Å². The molecule has 0 radical (unpaired) electrons. The van der Waals surface area contributed by atoms with E-state index < -0.39 is 0 Å². The molecule has 1 aliphatic heterocycles. The van der Waals surface area contributed by atoms with Gasteiger partial charge in [0.05, 0.1) is 0 Å². The SMILES string of the molecule is C/C(=C\C(=O)N1CCCCC1)c1ccc2ccccc2c1O. The van der Waals surface area contributed by atoms with Crippen LogP contribution in [0.1, 0.15) is 31.7 Å². The van der Waals surface area contributed by atoms with Crippen LogP contribution in [0.4, 0.5) is 0 Å². The third-order valence-corrected chi connectivity index (χ3v) is 4.33. The van der Waals surface area contributed by atoms with Gasteiger partial charge in [-0.05, 0) is 37.1 Å². The van der Waals surface area contributed by atoms with Crippen LogP contribution in [0, 0.1) is 0 Å². The number of likely N-dealkylation sites (tertiary alicyclic amines) is 1. The molecule has 3 nitrogen and oxygen atoms in total. The molecule has 1 fully saturated rings. The molecule has 0 unspecified atom stereocenters. The van der Waals surface area contributed by atoms with Crippen LogP contribution < -0.4 is 0 Å². The summed E-state index contributed by atoms with van der Waals surface area (Å²) in [6, 6.07) is 11.6. The Bertz CT molecular complexity index is 727. The second-order valence-electron chi connectivity index (χ2n) is 5.90. The van der Waals surface area contributed by atoms with E-state index in [1.807, 2.05) is 48.2 Å². The van der Waals surface area contributed by atoms with Crippen LogP contribution in [0.25, 0.3) is 16.3 Å². The first kappa shape index (κ1) is 14.6. The largest absolute Gasteiger partial charge is 0.507 e. The molecule has 0 atom stereocenters. The summed E-state index contributed by atoms with van der Waals surface area (Å²) in [5.41, 5.74) is 1.53. The molecule has 3 heteroatoms. The fourth-order valence-electron chi connectivity index (χ4n) is 3.04. The number of phenols is 1. The highest BCUT2D eigenvalue weighted by atomic mass is 16.3. The van der Waals surface area contributed by atoms with Gasteiger partial charge in [0.2, 0.25) is 5.91 Å². The van der Waals surface area contributed by atoms with E-state index in [1.54, 1.807) is 6.08 Å². The predicted molar refractivity (Wildman–Crippen MR) is 89.7 cm³/mol. The molecule has 1 N–H and O–H groups in total. The Balaban J connectivity index is 1.91. The van der Waals surface area contributed by atoms with Gasteiger partial charge in [-0.25, -0.2) is 0 Å². The van der Waals surface area contributed by atoms with Crippen LogP contribution in [-0.4, -0.2) is 29.0 Å². The van der Waals surface area contributed by atoms with E-state index in [1.165, 1.54) is 6.42 Å². The Labute approximate surface area is 130 Å². The molecule has 2 aromatic carbocycles.